The van der Waals surface area contributed by atoms with Crippen LogP contribution in [0.1, 0.15) is 15.9 Å². The molecular formula is C21H18ClF3N4O2. The number of pyridine rings is 2. The van der Waals surface area contributed by atoms with E-state index in [2.05, 4.69) is 4.98 Å². The Morgan fingerprint density at radius 1 is 1.10 bits per heavy atom. The topological polar surface area (TPSA) is 58.4 Å². The molecule has 2 aromatic heterocycles. The molecule has 1 fully saturated rings. The molecule has 10 heteroatoms. The largest absolute Gasteiger partial charge is 0.417 e. The van der Waals surface area contributed by atoms with Gasteiger partial charge >= 0.3 is 6.18 Å². The number of hydrogen-bond acceptors (Lipinski definition) is 4. The Morgan fingerprint density at radius 2 is 1.77 bits per heavy atom. The quantitative estimate of drug-likeness (QED) is 0.599. The van der Waals surface area contributed by atoms with Crippen molar-refractivity contribution in [2.75, 3.05) is 31.1 Å². The van der Waals surface area contributed by atoms with Crippen molar-refractivity contribution in [1.82, 2.24) is 14.5 Å². The molecule has 1 amide bonds. The van der Waals surface area contributed by atoms with Gasteiger partial charge in [-0.25, -0.2) is 4.98 Å². The standard InChI is InChI=1S/C21H18ClF3N4O2/c1-27-17-5-3-2-4-14(17)15(11-18(27)30)20(31)29-8-6-28(7-9-29)19-16(22)10-13(12-26-19)21(23,24)25/h2-5,10-12H,6-9H2,1H3. The highest BCUT2D eigenvalue weighted by atomic mass is 35.5. The molecule has 0 bridgehead atoms. The number of anilines is 1. The summed E-state index contributed by atoms with van der Waals surface area (Å²) in [6, 6.07) is 9.38. The molecular weight excluding hydrogens is 433 g/mol. The van der Waals surface area contributed by atoms with E-state index in [1.54, 1.807) is 41.1 Å². The number of halogens is 4. The highest BCUT2D eigenvalue weighted by Gasteiger charge is 2.32. The van der Waals surface area contributed by atoms with Gasteiger partial charge in [-0.3, -0.25) is 9.59 Å². The van der Waals surface area contributed by atoms with Gasteiger partial charge in [0, 0.05) is 50.9 Å². The smallest absolute Gasteiger partial charge is 0.352 e. The molecule has 4 rings (SSSR count). The first-order chi connectivity index (χ1) is 14.7. The zero-order valence-electron chi connectivity index (χ0n) is 16.5. The van der Waals surface area contributed by atoms with Crippen LogP contribution in [-0.4, -0.2) is 46.5 Å². The summed E-state index contributed by atoms with van der Waals surface area (Å²) >= 11 is 6.04. The summed E-state index contributed by atoms with van der Waals surface area (Å²) in [4.78, 5) is 32.7. The van der Waals surface area contributed by atoms with Crippen LogP contribution in [0.2, 0.25) is 5.02 Å². The third-order valence-corrected chi connectivity index (χ3v) is 5.68. The summed E-state index contributed by atoms with van der Waals surface area (Å²) in [6.45, 7) is 1.35. The molecule has 0 saturated carbocycles. The Labute approximate surface area is 180 Å². The van der Waals surface area contributed by atoms with E-state index >= 15 is 0 Å². The summed E-state index contributed by atoms with van der Waals surface area (Å²) in [5.74, 6) is -0.0131. The number of carbonyl (C=O) groups is 1. The average Bonchev–Trinajstić information content (AvgIpc) is 2.75. The normalized spacial score (nSPS) is 14.9. The first kappa shape index (κ1) is 21.2. The summed E-state index contributed by atoms with van der Waals surface area (Å²) in [7, 11) is 1.65. The van der Waals surface area contributed by atoms with Crippen LogP contribution in [0, 0.1) is 0 Å². The molecule has 31 heavy (non-hydrogen) atoms. The van der Waals surface area contributed by atoms with Crippen molar-refractivity contribution in [3.05, 3.63) is 69.1 Å². The maximum Gasteiger partial charge on any atom is 0.417 e. The second kappa shape index (κ2) is 7.88. The van der Waals surface area contributed by atoms with Crippen LogP contribution in [0.3, 0.4) is 0 Å². The van der Waals surface area contributed by atoms with Crippen LogP contribution in [-0.2, 0) is 13.2 Å². The lowest BCUT2D eigenvalue weighted by atomic mass is 10.1. The second-order valence-electron chi connectivity index (χ2n) is 7.28. The van der Waals surface area contributed by atoms with Gasteiger partial charge in [-0.15, -0.1) is 0 Å². The van der Waals surface area contributed by atoms with E-state index in [4.69, 9.17) is 11.6 Å². The summed E-state index contributed by atoms with van der Waals surface area (Å²) in [5, 5.41) is 0.594. The molecule has 1 aromatic carbocycles. The van der Waals surface area contributed by atoms with E-state index in [1.165, 1.54) is 10.6 Å². The zero-order chi connectivity index (χ0) is 22.3. The number of amides is 1. The lowest BCUT2D eigenvalue weighted by Gasteiger charge is -2.36. The molecule has 0 N–H and O–H groups in total. The van der Waals surface area contributed by atoms with Crippen LogP contribution in [0.25, 0.3) is 10.9 Å². The number of hydrogen-bond donors (Lipinski definition) is 0. The summed E-state index contributed by atoms with van der Waals surface area (Å²) in [6.07, 6.45) is -3.76. The first-order valence-corrected chi connectivity index (χ1v) is 9.90. The molecule has 3 heterocycles. The molecule has 3 aromatic rings. The van der Waals surface area contributed by atoms with Gasteiger partial charge in [0.15, 0.2) is 0 Å². The molecule has 0 radical (unpaired) electrons. The first-order valence-electron chi connectivity index (χ1n) is 9.52. The number of para-hydroxylation sites is 1. The average molecular weight is 451 g/mol. The van der Waals surface area contributed by atoms with Crippen LogP contribution in [0.15, 0.2) is 47.4 Å². The van der Waals surface area contributed by atoms with E-state index in [0.717, 1.165) is 12.3 Å². The van der Waals surface area contributed by atoms with Gasteiger partial charge in [0.2, 0.25) is 0 Å². The number of carbonyl (C=O) groups excluding carboxylic acids is 1. The van der Waals surface area contributed by atoms with Crippen LogP contribution < -0.4 is 10.5 Å². The minimum atomic E-state index is -4.52. The van der Waals surface area contributed by atoms with Gasteiger partial charge in [-0.05, 0) is 12.1 Å². The van der Waals surface area contributed by atoms with Gasteiger partial charge in [-0.2, -0.15) is 13.2 Å². The number of nitrogens with zero attached hydrogens (tertiary/aromatic N) is 4. The molecule has 0 aliphatic carbocycles. The van der Waals surface area contributed by atoms with Gasteiger partial charge in [-0.1, -0.05) is 29.8 Å². The fourth-order valence-corrected chi connectivity index (χ4v) is 3.98. The van der Waals surface area contributed by atoms with Crippen LogP contribution in [0.5, 0.6) is 0 Å². The molecule has 1 aliphatic heterocycles. The molecule has 0 unspecified atom stereocenters. The number of alkyl halides is 3. The van der Waals surface area contributed by atoms with Gasteiger partial charge in [0.1, 0.15) is 5.82 Å². The lowest BCUT2D eigenvalue weighted by Crippen LogP contribution is -2.49. The van der Waals surface area contributed by atoms with Crippen LogP contribution >= 0.6 is 11.6 Å². The monoisotopic (exact) mass is 450 g/mol. The third kappa shape index (κ3) is 3.97. The van der Waals surface area contributed by atoms with E-state index in [-0.39, 0.29) is 22.3 Å². The zero-order valence-corrected chi connectivity index (χ0v) is 17.2. The van der Waals surface area contributed by atoms with Crippen molar-refractivity contribution in [2.45, 2.75) is 6.18 Å². The Kier molecular flexibility index (Phi) is 5.38. The second-order valence-corrected chi connectivity index (χ2v) is 7.69. The van der Waals surface area contributed by atoms with Crippen molar-refractivity contribution in [1.29, 1.82) is 0 Å². The van der Waals surface area contributed by atoms with E-state index < -0.39 is 11.7 Å². The molecule has 0 atom stereocenters. The number of piperazine rings is 1. The molecule has 0 spiro atoms. The summed E-state index contributed by atoms with van der Waals surface area (Å²) < 4.78 is 40.0. The van der Waals surface area contributed by atoms with Crippen molar-refractivity contribution in [3.63, 3.8) is 0 Å². The minimum Gasteiger partial charge on any atom is -0.352 e. The van der Waals surface area contributed by atoms with Gasteiger partial charge < -0.3 is 14.4 Å². The Balaban J connectivity index is 1.54. The number of benzene rings is 1. The van der Waals surface area contributed by atoms with E-state index in [1.807, 2.05) is 0 Å². The predicted molar refractivity (Wildman–Crippen MR) is 112 cm³/mol. The highest BCUT2D eigenvalue weighted by Crippen LogP contribution is 2.33. The fraction of sp³-hybridized carbons (Fsp3) is 0.286. The van der Waals surface area contributed by atoms with Crippen molar-refractivity contribution in [2.24, 2.45) is 7.05 Å². The van der Waals surface area contributed by atoms with Crippen molar-refractivity contribution >= 4 is 34.2 Å². The number of aromatic nitrogens is 2. The number of rotatable bonds is 2. The van der Waals surface area contributed by atoms with Crippen LogP contribution in [0.4, 0.5) is 19.0 Å². The maximum absolute atomic E-state index is 13.1. The number of aryl methyl sites for hydroxylation is 1. The van der Waals surface area contributed by atoms with Gasteiger partial charge in [0.05, 0.1) is 21.7 Å². The Hall–Kier alpha value is -3.07. The maximum atomic E-state index is 13.1. The minimum absolute atomic E-state index is 0.0906. The molecule has 1 saturated heterocycles. The Bertz CT molecular complexity index is 1220. The summed E-state index contributed by atoms with van der Waals surface area (Å²) in [5.41, 5.74) is -0.190. The van der Waals surface area contributed by atoms with E-state index in [9.17, 15) is 22.8 Å². The van der Waals surface area contributed by atoms with Gasteiger partial charge in [0.25, 0.3) is 11.5 Å². The highest BCUT2D eigenvalue weighted by molar-refractivity contribution is 6.33. The van der Waals surface area contributed by atoms with Crippen molar-refractivity contribution in [3.8, 4) is 0 Å². The third-order valence-electron chi connectivity index (χ3n) is 5.40. The Morgan fingerprint density at radius 3 is 2.42 bits per heavy atom. The number of fused-ring (bicyclic) bond motifs is 1. The predicted octanol–water partition coefficient (Wildman–Crippen LogP) is 3.57. The molecule has 6 nitrogen and oxygen atoms in total. The molecule has 1 aliphatic rings. The van der Waals surface area contributed by atoms with E-state index in [0.29, 0.717) is 42.6 Å². The fourth-order valence-electron chi connectivity index (χ4n) is 3.70. The SMILES string of the molecule is Cn1c(=O)cc(C(=O)N2CCN(c3ncc(C(F)(F)F)cc3Cl)CC2)c2ccccc21. The molecule has 162 valence electrons. The van der Waals surface area contributed by atoms with Crippen molar-refractivity contribution < 1.29 is 18.0 Å². The lowest BCUT2D eigenvalue weighted by molar-refractivity contribution is -0.137.